The molecular formula is C23H28N2O5S. The van der Waals surface area contributed by atoms with Gasteiger partial charge < -0.3 is 24.4 Å². The third kappa shape index (κ3) is 4.45. The van der Waals surface area contributed by atoms with Gasteiger partial charge in [0, 0.05) is 13.1 Å². The standard InChI is InChI=1S/C23H28N2O5S/c1-5-24(6-2)11-12-25-20(15-9-10-16(29-3)17(14-15)30-4)19(22(27)23(25)28)21(26)18-8-7-13-31-18/h7-10,13-14,20,27H,5-6,11-12H2,1-4H3/t20-/m1/s1. The average molecular weight is 445 g/mol. The highest BCUT2D eigenvalue weighted by molar-refractivity contribution is 7.12. The van der Waals surface area contributed by atoms with Crippen LogP contribution in [0.4, 0.5) is 0 Å². The molecule has 3 rings (SSSR count). The molecule has 2 heterocycles. The summed E-state index contributed by atoms with van der Waals surface area (Å²) in [4.78, 5) is 30.5. The molecule has 1 atom stereocenters. The van der Waals surface area contributed by atoms with Crippen LogP contribution in [-0.2, 0) is 4.79 Å². The van der Waals surface area contributed by atoms with E-state index >= 15 is 0 Å². The Morgan fingerprint density at radius 2 is 1.87 bits per heavy atom. The Kier molecular flexibility index (Phi) is 7.35. The minimum atomic E-state index is -0.711. The fourth-order valence-corrected chi connectivity index (χ4v) is 4.49. The second-order valence-electron chi connectivity index (χ2n) is 7.11. The van der Waals surface area contributed by atoms with Crippen molar-refractivity contribution in [3.63, 3.8) is 0 Å². The minimum absolute atomic E-state index is 0.0965. The maximum atomic E-state index is 13.3. The van der Waals surface area contributed by atoms with Gasteiger partial charge in [-0.1, -0.05) is 26.0 Å². The summed E-state index contributed by atoms with van der Waals surface area (Å²) < 4.78 is 10.8. The van der Waals surface area contributed by atoms with Gasteiger partial charge in [0.1, 0.15) is 0 Å². The molecule has 1 aliphatic rings. The van der Waals surface area contributed by atoms with E-state index in [1.165, 1.54) is 18.4 Å². The molecule has 0 aliphatic carbocycles. The van der Waals surface area contributed by atoms with Crippen molar-refractivity contribution < 1.29 is 24.2 Å². The Balaban J connectivity index is 2.06. The fraction of sp³-hybridized carbons (Fsp3) is 0.391. The Morgan fingerprint density at radius 1 is 1.16 bits per heavy atom. The zero-order chi connectivity index (χ0) is 22.5. The summed E-state index contributed by atoms with van der Waals surface area (Å²) >= 11 is 1.28. The number of benzene rings is 1. The summed E-state index contributed by atoms with van der Waals surface area (Å²) in [7, 11) is 3.08. The first-order chi connectivity index (χ1) is 15.0. The van der Waals surface area contributed by atoms with E-state index in [1.807, 2.05) is 0 Å². The van der Waals surface area contributed by atoms with Crippen LogP contribution in [0.25, 0.3) is 0 Å². The van der Waals surface area contributed by atoms with Crippen molar-refractivity contribution in [1.29, 1.82) is 0 Å². The van der Waals surface area contributed by atoms with Crippen molar-refractivity contribution >= 4 is 23.0 Å². The number of thiophene rings is 1. The normalized spacial score (nSPS) is 16.4. The third-order valence-electron chi connectivity index (χ3n) is 5.57. The molecule has 1 amide bonds. The van der Waals surface area contributed by atoms with Gasteiger partial charge in [-0.05, 0) is 42.2 Å². The number of carbonyl (C=O) groups is 2. The maximum absolute atomic E-state index is 13.3. The van der Waals surface area contributed by atoms with Crippen molar-refractivity contribution in [2.24, 2.45) is 0 Å². The molecule has 0 unspecified atom stereocenters. The van der Waals surface area contributed by atoms with Crippen LogP contribution in [0.1, 0.15) is 35.1 Å². The van der Waals surface area contributed by atoms with Crippen LogP contribution in [0.3, 0.4) is 0 Å². The lowest BCUT2D eigenvalue weighted by atomic mass is 9.95. The molecule has 0 fully saturated rings. The molecule has 0 bridgehead atoms. The lowest BCUT2D eigenvalue weighted by Gasteiger charge is -2.29. The van der Waals surface area contributed by atoms with Crippen molar-refractivity contribution in [1.82, 2.24) is 9.80 Å². The smallest absolute Gasteiger partial charge is 0.290 e. The van der Waals surface area contributed by atoms with Gasteiger partial charge in [0.25, 0.3) is 5.91 Å². The lowest BCUT2D eigenvalue weighted by molar-refractivity contribution is -0.129. The van der Waals surface area contributed by atoms with Crippen LogP contribution in [0.5, 0.6) is 11.5 Å². The highest BCUT2D eigenvalue weighted by Crippen LogP contribution is 2.41. The summed E-state index contributed by atoms with van der Waals surface area (Å²) in [6, 6.07) is 8.05. The molecule has 0 saturated heterocycles. The molecule has 8 heteroatoms. The molecule has 1 aromatic carbocycles. The average Bonchev–Trinajstić information content (AvgIpc) is 3.41. The van der Waals surface area contributed by atoms with Gasteiger partial charge in [-0.25, -0.2) is 0 Å². The van der Waals surface area contributed by atoms with Gasteiger partial charge in [-0.3, -0.25) is 9.59 Å². The van der Waals surface area contributed by atoms with E-state index < -0.39 is 17.7 Å². The van der Waals surface area contributed by atoms with E-state index in [9.17, 15) is 14.7 Å². The lowest BCUT2D eigenvalue weighted by Crippen LogP contribution is -2.38. The number of carbonyl (C=O) groups excluding carboxylic acids is 2. The van der Waals surface area contributed by atoms with Crippen molar-refractivity contribution in [3.8, 4) is 11.5 Å². The largest absolute Gasteiger partial charge is 0.503 e. The summed E-state index contributed by atoms with van der Waals surface area (Å²) in [5.41, 5.74) is 0.772. The number of ether oxygens (including phenoxy) is 2. The van der Waals surface area contributed by atoms with E-state index in [0.29, 0.717) is 35.0 Å². The summed E-state index contributed by atoms with van der Waals surface area (Å²) in [6.07, 6.45) is 0. The quantitative estimate of drug-likeness (QED) is 0.563. The van der Waals surface area contributed by atoms with E-state index in [-0.39, 0.29) is 11.4 Å². The first-order valence-electron chi connectivity index (χ1n) is 10.2. The van der Waals surface area contributed by atoms with E-state index in [0.717, 1.165) is 13.1 Å². The van der Waals surface area contributed by atoms with Gasteiger partial charge in [0.2, 0.25) is 5.78 Å². The number of aliphatic hydroxyl groups excluding tert-OH is 1. The van der Waals surface area contributed by atoms with Crippen LogP contribution in [0.2, 0.25) is 0 Å². The Bertz CT molecular complexity index is 966. The minimum Gasteiger partial charge on any atom is -0.503 e. The van der Waals surface area contributed by atoms with Crippen molar-refractivity contribution in [2.75, 3.05) is 40.4 Å². The number of methoxy groups -OCH3 is 2. The van der Waals surface area contributed by atoms with Crippen molar-refractivity contribution in [3.05, 3.63) is 57.5 Å². The predicted octanol–water partition coefficient (Wildman–Crippen LogP) is 3.69. The van der Waals surface area contributed by atoms with Crippen molar-refractivity contribution in [2.45, 2.75) is 19.9 Å². The topological polar surface area (TPSA) is 79.3 Å². The maximum Gasteiger partial charge on any atom is 0.290 e. The first-order valence-corrected chi connectivity index (χ1v) is 11.1. The Morgan fingerprint density at radius 3 is 2.45 bits per heavy atom. The molecule has 0 saturated carbocycles. The third-order valence-corrected chi connectivity index (χ3v) is 6.44. The van der Waals surface area contributed by atoms with Crippen LogP contribution in [-0.4, -0.2) is 67.0 Å². The number of amides is 1. The molecule has 2 aromatic rings. The molecule has 166 valence electrons. The highest BCUT2D eigenvalue weighted by atomic mass is 32.1. The van der Waals surface area contributed by atoms with Gasteiger partial charge in [0.15, 0.2) is 17.3 Å². The predicted molar refractivity (Wildman–Crippen MR) is 120 cm³/mol. The summed E-state index contributed by atoms with van der Waals surface area (Å²) in [5, 5.41) is 12.5. The second kappa shape index (κ2) is 9.98. The fourth-order valence-electron chi connectivity index (χ4n) is 3.82. The zero-order valence-corrected chi connectivity index (χ0v) is 19.1. The summed E-state index contributed by atoms with van der Waals surface area (Å²) in [6.45, 7) is 6.83. The Labute approximate surface area is 186 Å². The van der Waals surface area contributed by atoms with Gasteiger partial charge in [-0.2, -0.15) is 0 Å². The SMILES string of the molecule is CCN(CC)CCN1C(=O)C(O)=C(C(=O)c2cccs2)[C@H]1c1ccc(OC)c(OC)c1. The number of aliphatic hydroxyl groups is 1. The zero-order valence-electron chi connectivity index (χ0n) is 18.3. The van der Waals surface area contributed by atoms with Crippen LogP contribution in [0.15, 0.2) is 47.0 Å². The number of hydrogen-bond donors (Lipinski definition) is 1. The molecule has 1 N–H and O–H groups in total. The first kappa shape index (κ1) is 22.8. The molecule has 0 spiro atoms. The summed E-state index contributed by atoms with van der Waals surface area (Å²) in [5.74, 6) is -0.328. The van der Waals surface area contributed by atoms with Gasteiger partial charge in [-0.15, -0.1) is 11.3 Å². The molecule has 1 aliphatic heterocycles. The molecule has 1 aromatic heterocycles. The molecule has 31 heavy (non-hydrogen) atoms. The number of nitrogens with zero attached hydrogens (tertiary/aromatic N) is 2. The molecule has 7 nitrogen and oxygen atoms in total. The number of hydrogen-bond acceptors (Lipinski definition) is 7. The molecular weight excluding hydrogens is 416 g/mol. The number of rotatable bonds is 10. The van der Waals surface area contributed by atoms with E-state index in [1.54, 1.807) is 47.7 Å². The van der Waals surface area contributed by atoms with Gasteiger partial charge >= 0.3 is 0 Å². The van der Waals surface area contributed by atoms with Crippen LogP contribution >= 0.6 is 11.3 Å². The Hall–Kier alpha value is -2.84. The van der Waals surface area contributed by atoms with Gasteiger partial charge in [0.05, 0.1) is 30.7 Å². The second-order valence-corrected chi connectivity index (χ2v) is 8.06. The highest BCUT2D eigenvalue weighted by Gasteiger charge is 2.44. The number of likely N-dealkylation sites (N-methyl/N-ethyl adjacent to an activating group) is 1. The number of ketones is 1. The van der Waals surface area contributed by atoms with E-state index in [2.05, 4.69) is 18.7 Å². The number of Topliss-reactive ketones (excluding diaryl/α,β-unsaturated/α-hetero) is 1. The monoisotopic (exact) mass is 444 g/mol. The van der Waals surface area contributed by atoms with Crippen LogP contribution < -0.4 is 9.47 Å². The van der Waals surface area contributed by atoms with Crippen LogP contribution in [0, 0.1) is 0 Å². The molecule has 0 radical (unpaired) electrons. The van der Waals surface area contributed by atoms with E-state index in [4.69, 9.17) is 9.47 Å².